The maximum Gasteiger partial charge on any atom is 0.116 e. The van der Waals surface area contributed by atoms with Crippen molar-refractivity contribution in [1.29, 1.82) is 0 Å². The van der Waals surface area contributed by atoms with Gasteiger partial charge in [0.15, 0.2) is 0 Å². The van der Waals surface area contributed by atoms with Crippen LogP contribution in [0.25, 0.3) is 60.6 Å². The largest absolute Gasteiger partial charge is 0.358 e. The molecular formula is C29H25N7S. The van der Waals surface area contributed by atoms with Gasteiger partial charge in [-0.15, -0.1) is 11.3 Å². The average molecular weight is 504 g/mol. The monoisotopic (exact) mass is 503 g/mol. The molecule has 0 amide bonds. The molecule has 0 radical (unpaired) electrons. The van der Waals surface area contributed by atoms with Crippen LogP contribution in [0.1, 0.15) is 25.1 Å². The lowest BCUT2D eigenvalue weighted by Gasteiger charge is -2.08. The number of H-pyrrole nitrogens is 2. The van der Waals surface area contributed by atoms with Crippen molar-refractivity contribution < 1.29 is 0 Å². The molecule has 6 aromatic rings. The molecule has 0 bridgehead atoms. The first-order valence-corrected chi connectivity index (χ1v) is 12.8. The predicted octanol–water partition coefficient (Wildman–Crippen LogP) is 7.66. The molecule has 0 fully saturated rings. The summed E-state index contributed by atoms with van der Waals surface area (Å²) >= 11 is 1.70. The highest BCUT2D eigenvalue weighted by molar-refractivity contribution is 7.16. The highest BCUT2D eigenvalue weighted by Gasteiger charge is 2.16. The number of fused-ring (bicyclic) bond motifs is 2. The maximum atomic E-state index is 4.70. The zero-order chi connectivity index (χ0) is 25.5. The third kappa shape index (κ3) is 4.21. The van der Waals surface area contributed by atoms with Crippen LogP contribution < -0.4 is 5.32 Å². The summed E-state index contributed by atoms with van der Waals surface area (Å²) < 4.78 is 0. The van der Waals surface area contributed by atoms with E-state index >= 15 is 0 Å². The first-order chi connectivity index (χ1) is 18.0. The van der Waals surface area contributed by atoms with Crippen molar-refractivity contribution in [1.82, 2.24) is 30.1 Å². The average Bonchev–Trinajstić information content (AvgIpc) is 3.66. The SMILES string of the molecule is C=C(CC)Nc1cncc(-c2cc3c(-c4cc5c(-c6ccc(C(=C)C)s6)nccc5[nH]4)n[nH]c3cn2)c1. The van der Waals surface area contributed by atoms with Crippen LogP contribution in [0, 0.1) is 0 Å². The number of aromatic nitrogens is 6. The van der Waals surface area contributed by atoms with Gasteiger partial charge < -0.3 is 10.3 Å². The topological polar surface area (TPSA) is 95.2 Å². The fourth-order valence-corrected chi connectivity index (χ4v) is 5.24. The third-order valence-corrected chi connectivity index (χ3v) is 7.55. The number of rotatable bonds is 7. The van der Waals surface area contributed by atoms with Crippen molar-refractivity contribution >= 4 is 44.4 Å². The first kappa shape index (κ1) is 22.9. The van der Waals surface area contributed by atoms with E-state index in [1.54, 1.807) is 17.5 Å². The number of pyridine rings is 3. The fourth-order valence-electron chi connectivity index (χ4n) is 4.29. The predicted molar refractivity (Wildman–Crippen MR) is 153 cm³/mol. The smallest absolute Gasteiger partial charge is 0.116 e. The Bertz CT molecular complexity index is 1800. The van der Waals surface area contributed by atoms with Crippen molar-refractivity contribution in [2.75, 3.05) is 5.32 Å². The van der Waals surface area contributed by atoms with Crippen LogP contribution in [0.5, 0.6) is 0 Å². The molecule has 0 aliphatic rings. The van der Waals surface area contributed by atoms with Crippen molar-refractivity contribution in [2.24, 2.45) is 0 Å². The summed E-state index contributed by atoms with van der Waals surface area (Å²) in [4.78, 5) is 19.6. The van der Waals surface area contributed by atoms with E-state index in [9.17, 15) is 0 Å². The number of allylic oxidation sites excluding steroid dienone is 2. The van der Waals surface area contributed by atoms with Gasteiger partial charge in [-0.1, -0.05) is 20.1 Å². The zero-order valence-electron chi connectivity index (χ0n) is 20.6. The number of aromatic amines is 2. The summed E-state index contributed by atoms with van der Waals surface area (Å²) in [7, 11) is 0. The highest BCUT2D eigenvalue weighted by atomic mass is 32.1. The number of thiophene rings is 1. The van der Waals surface area contributed by atoms with Gasteiger partial charge in [-0.25, -0.2) is 0 Å². The summed E-state index contributed by atoms with van der Waals surface area (Å²) in [6, 6.07) is 12.4. The van der Waals surface area contributed by atoms with Gasteiger partial charge in [0, 0.05) is 44.8 Å². The normalized spacial score (nSPS) is 11.3. The molecule has 0 unspecified atom stereocenters. The lowest BCUT2D eigenvalue weighted by molar-refractivity contribution is 1.11. The molecule has 182 valence electrons. The molecule has 3 N–H and O–H groups in total. The van der Waals surface area contributed by atoms with E-state index in [2.05, 4.69) is 68.7 Å². The Morgan fingerprint density at radius 3 is 2.65 bits per heavy atom. The van der Waals surface area contributed by atoms with Crippen LogP contribution in [-0.4, -0.2) is 30.1 Å². The molecule has 37 heavy (non-hydrogen) atoms. The summed E-state index contributed by atoms with van der Waals surface area (Å²) in [5, 5.41) is 13.1. The second-order valence-corrected chi connectivity index (χ2v) is 10.1. The van der Waals surface area contributed by atoms with Crippen LogP contribution in [-0.2, 0) is 0 Å². The van der Waals surface area contributed by atoms with E-state index in [0.717, 1.165) is 83.3 Å². The fraction of sp³-hybridized carbons (Fsp3) is 0.103. The molecule has 0 atom stereocenters. The van der Waals surface area contributed by atoms with Crippen LogP contribution in [0.2, 0.25) is 0 Å². The lowest BCUT2D eigenvalue weighted by Crippen LogP contribution is -1.97. The highest BCUT2D eigenvalue weighted by Crippen LogP contribution is 2.37. The maximum absolute atomic E-state index is 4.70. The zero-order valence-corrected chi connectivity index (χ0v) is 21.4. The van der Waals surface area contributed by atoms with Gasteiger partial charge in [-0.05, 0) is 55.3 Å². The van der Waals surface area contributed by atoms with Crippen LogP contribution >= 0.6 is 11.3 Å². The second-order valence-electron chi connectivity index (χ2n) is 8.98. The van der Waals surface area contributed by atoms with Gasteiger partial charge in [0.1, 0.15) is 5.69 Å². The van der Waals surface area contributed by atoms with Crippen LogP contribution in [0.4, 0.5) is 5.69 Å². The number of nitrogens with zero attached hydrogens (tertiary/aromatic N) is 4. The van der Waals surface area contributed by atoms with Gasteiger partial charge in [-0.2, -0.15) is 5.10 Å². The molecule has 0 aromatic carbocycles. The minimum absolute atomic E-state index is 0.817. The molecule has 6 rings (SSSR count). The van der Waals surface area contributed by atoms with E-state index in [4.69, 9.17) is 4.98 Å². The van der Waals surface area contributed by atoms with E-state index in [0.29, 0.717) is 0 Å². The molecule has 0 saturated heterocycles. The second kappa shape index (κ2) is 9.15. The molecule has 0 aliphatic heterocycles. The van der Waals surface area contributed by atoms with E-state index in [1.165, 1.54) is 0 Å². The van der Waals surface area contributed by atoms with Crippen molar-refractivity contribution in [3.63, 3.8) is 0 Å². The third-order valence-electron chi connectivity index (χ3n) is 6.29. The molecule has 8 heteroatoms. The number of hydrogen-bond donors (Lipinski definition) is 3. The van der Waals surface area contributed by atoms with Gasteiger partial charge >= 0.3 is 0 Å². The number of anilines is 1. The van der Waals surface area contributed by atoms with Crippen molar-refractivity contribution in [2.45, 2.75) is 20.3 Å². The van der Waals surface area contributed by atoms with Gasteiger partial charge in [0.2, 0.25) is 0 Å². The van der Waals surface area contributed by atoms with Crippen LogP contribution in [0.15, 0.2) is 80.0 Å². The summed E-state index contributed by atoms with van der Waals surface area (Å²) in [5.74, 6) is 0. The standard InChI is InChI=1S/C29H25N7S/c1-5-17(4)33-19-10-18(13-30-14-19)23-11-21-25(15-32-23)35-36-28(21)24-12-20-22(34-24)8-9-31-29(20)27-7-6-26(37-27)16(2)3/h6-15,33-34H,2,4-5H2,1,3H3,(H,35,36). The Balaban J connectivity index is 1.42. The lowest BCUT2D eigenvalue weighted by atomic mass is 10.1. The molecule has 7 nitrogen and oxygen atoms in total. The molecule has 0 aliphatic carbocycles. The minimum atomic E-state index is 0.817. The number of hydrogen-bond acceptors (Lipinski definition) is 6. The van der Waals surface area contributed by atoms with E-state index in [1.807, 2.05) is 43.7 Å². The summed E-state index contributed by atoms with van der Waals surface area (Å²) in [6.07, 6.45) is 8.09. The first-order valence-electron chi connectivity index (χ1n) is 12.0. The van der Waals surface area contributed by atoms with Gasteiger partial charge in [-0.3, -0.25) is 20.1 Å². The Kier molecular flexibility index (Phi) is 5.65. The molecule has 0 spiro atoms. The molecule has 6 heterocycles. The minimum Gasteiger partial charge on any atom is -0.358 e. The van der Waals surface area contributed by atoms with E-state index in [-0.39, 0.29) is 0 Å². The number of nitrogens with one attached hydrogen (secondary N) is 3. The Hall–Kier alpha value is -4.56. The van der Waals surface area contributed by atoms with E-state index < -0.39 is 0 Å². The Morgan fingerprint density at radius 2 is 1.84 bits per heavy atom. The van der Waals surface area contributed by atoms with Gasteiger partial charge in [0.05, 0.1) is 45.6 Å². The quantitative estimate of drug-likeness (QED) is 0.208. The molecule has 0 saturated carbocycles. The molecular weight excluding hydrogens is 478 g/mol. The van der Waals surface area contributed by atoms with Crippen molar-refractivity contribution in [3.8, 4) is 33.2 Å². The van der Waals surface area contributed by atoms with Crippen LogP contribution in [0.3, 0.4) is 0 Å². The van der Waals surface area contributed by atoms with Gasteiger partial charge in [0.25, 0.3) is 0 Å². The summed E-state index contributed by atoms with van der Waals surface area (Å²) in [5.41, 5.74) is 9.17. The van der Waals surface area contributed by atoms with Crippen molar-refractivity contribution in [3.05, 3.63) is 84.9 Å². The Labute approximate surface area is 218 Å². The Morgan fingerprint density at radius 1 is 0.973 bits per heavy atom. The molecule has 6 aromatic heterocycles. The summed E-state index contributed by atoms with van der Waals surface area (Å²) in [6.45, 7) is 12.2.